The van der Waals surface area contributed by atoms with E-state index in [1.165, 1.54) is 0 Å². The minimum absolute atomic E-state index is 0.0154. The minimum atomic E-state index is -3.24. The summed E-state index contributed by atoms with van der Waals surface area (Å²) in [4.78, 5) is 0. The Morgan fingerprint density at radius 3 is 2.47 bits per heavy atom. The van der Waals surface area contributed by atoms with Crippen molar-refractivity contribution in [2.24, 2.45) is 0 Å². The van der Waals surface area contributed by atoms with Crippen LogP contribution in [0.2, 0.25) is 0 Å². The van der Waals surface area contributed by atoms with Crippen LogP contribution in [0.4, 0.5) is 0 Å². The highest BCUT2D eigenvalue weighted by atomic mass is 35.5. The molecule has 0 amide bonds. The molecule has 92 valence electrons. The normalized spacial score (nSPS) is 14.5. The van der Waals surface area contributed by atoms with Crippen molar-refractivity contribution in [3.05, 3.63) is 0 Å². The molecule has 0 aromatic carbocycles. The molecule has 1 N–H and O–H groups in total. The number of hydrogen-bond donors (Lipinski definition) is 1. The van der Waals surface area contributed by atoms with Gasteiger partial charge in [0.25, 0.3) is 0 Å². The first kappa shape index (κ1) is 15.2. The van der Waals surface area contributed by atoms with Gasteiger partial charge in [-0.3, -0.25) is 0 Å². The summed E-state index contributed by atoms with van der Waals surface area (Å²) in [6.07, 6.45) is 0.795. The SMILES string of the molecule is CCC(Cl)CNS(=O)(=O)CCOC(C)C. The van der Waals surface area contributed by atoms with E-state index in [-0.39, 0.29) is 30.4 Å². The Morgan fingerprint density at radius 1 is 1.40 bits per heavy atom. The second-order valence-electron chi connectivity index (χ2n) is 3.59. The van der Waals surface area contributed by atoms with Crippen LogP contribution in [0.5, 0.6) is 0 Å². The number of sulfonamides is 1. The lowest BCUT2D eigenvalue weighted by Gasteiger charge is -2.10. The summed E-state index contributed by atoms with van der Waals surface area (Å²) in [7, 11) is -3.24. The molecule has 6 heteroatoms. The van der Waals surface area contributed by atoms with Gasteiger partial charge in [-0.15, -0.1) is 11.6 Å². The van der Waals surface area contributed by atoms with Gasteiger partial charge in [-0.1, -0.05) is 6.92 Å². The van der Waals surface area contributed by atoms with Crippen LogP contribution >= 0.6 is 11.6 Å². The Kier molecular flexibility index (Phi) is 7.52. The molecule has 0 bridgehead atoms. The second-order valence-corrected chi connectivity index (χ2v) is 6.14. The van der Waals surface area contributed by atoms with Crippen molar-refractivity contribution in [1.29, 1.82) is 0 Å². The molecule has 0 aliphatic heterocycles. The van der Waals surface area contributed by atoms with Gasteiger partial charge in [-0.05, 0) is 20.3 Å². The van der Waals surface area contributed by atoms with E-state index in [4.69, 9.17) is 16.3 Å². The van der Waals surface area contributed by atoms with E-state index in [9.17, 15) is 8.42 Å². The zero-order chi connectivity index (χ0) is 11.9. The molecule has 0 aliphatic carbocycles. The lowest BCUT2D eigenvalue weighted by atomic mass is 10.3. The molecule has 1 unspecified atom stereocenters. The molecule has 0 radical (unpaired) electrons. The topological polar surface area (TPSA) is 55.4 Å². The lowest BCUT2D eigenvalue weighted by Crippen LogP contribution is -2.33. The predicted molar refractivity (Wildman–Crippen MR) is 62.8 cm³/mol. The quantitative estimate of drug-likeness (QED) is 0.668. The van der Waals surface area contributed by atoms with E-state index in [0.717, 1.165) is 6.42 Å². The molecule has 15 heavy (non-hydrogen) atoms. The van der Waals surface area contributed by atoms with Gasteiger partial charge in [-0.25, -0.2) is 13.1 Å². The van der Waals surface area contributed by atoms with Crippen LogP contribution in [-0.2, 0) is 14.8 Å². The maximum atomic E-state index is 11.4. The Bertz CT molecular complexity index is 254. The highest BCUT2D eigenvalue weighted by Crippen LogP contribution is 1.99. The van der Waals surface area contributed by atoms with Crippen molar-refractivity contribution in [3.63, 3.8) is 0 Å². The van der Waals surface area contributed by atoms with E-state index in [1.54, 1.807) is 0 Å². The molecule has 0 rings (SSSR count). The average molecular weight is 258 g/mol. The van der Waals surface area contributed by atoms with Crippen molar-refractivity contribution in [3.8, 4) is 0 Å². The van der Waals surface area contributed by atoms with E-state index in [2.05, 4.69) is 4.72 Å². The lowest BCUT2D eigenvalue weighted by molar-refractivity contribution is 0.0911. The van der Waals surface area contributed by atoms with Crippen molar-refractivity contribution in [2.45, 2.75) is 38.7 Å². The van der Waals surface area contributed by atoms with Crippen molar-refractivity contribution >= 4 is 21.6 Å². The summed E-state index contributed by atoms with van der Waals surface area (Å²) in [6, 6.07) is 0. The molecule has 0 saturated carbocycles. The van der Waals surface area contributed by atoms with Crippen LogP contribution in [-0.4, -0.2) is 38.8 Å². The fourth-order valence-corrected chi connectivity index (χ4v) is 1.91. The van der Waals surface area contributed by atoms with Crippen LogP contribution in [0.1, 0.15) is 27.2 Å². The third kappa shape index (κ3) is 9.11. The van der Waals surface area contributed by atoms with Crippen LogP contribution in [0.25, 0.3) is 0 Å². The number of alkyl halides is 1. The number of hydrogen-bond acceptors (Lipinski definition) is 3. The zero-order valence-electron chi connectivity index (χ0n) is 9.49. The first-order chi connectivity index (χ1) is 6.87. The largest absolute Gasteiger partial charge is 0.378 e. The van der Waals surface area contributed by atoms with Crippen LogP contribution in [0.3, 0.4) is 0 Å². The van der Waals surface area contributed by atoms with E-state index < -0.39 is 10.0 Å². The smallest absolute Gasteiger partial charge is 0.213 e. The molecule has 0 aliphatic rings. The van der Waals surface area contributed by atoms with Gasteiger partial charge in [-0.2, -0.15) is 0 Å². The second kappa shape index (κ2) is 7.44. The van der Waals surface area contributed by atoms with Crippen molar-refractivity contribution < 1.29 is 13.2 Å². The number of ether oxygens (including phenoxy) is 1. The minimum Gasteiger partial charge on any atom is -0.378 e. The van der Waals surface area contributed by atoms with Crippen LogP contribution < -0.4 is 4.72 Å². The maximum absolute atomic E-state index is 11.4. The first-order valence-electron chi connectivity index (χ1n) is 5.10. The highest BCUT2D eigenvalue weighted by Gasteiger charge is 2.12. The molecule has 0 spiro atoms. The molecular weight excluding hydrogens is 238 g/mol. The van der Waals surface area contributed by atoms with Crippen LogP contribution in [0, 0.1) is 0 Å². The number of halogens is 1. The molecule has 0 saturated heterocycles. The van der Waals surface area contributed by atoms with E-state index >= 15 is 0 Å². The Balaban J connectivity index is 3.78. The summed E-state index contributed by atoms with van der Waals surface area (Å²) in [5.74, 6) is -0.0154. The van der Waals surface area contributed by atoms with Crippen molar-refractivity contribution in [1.82, 2.24) is 4.72 Å². The summed E-state index contributed by atoms with van der Waals surface area (Å²) in [5, 5.41) is -0.147. The van der Waals surface area contributed by atoms with Gasteiger partial charge in [0.05, 0.1) is 18.5 Å². The highest BCUT2D eigenvalue weighted by molar-refractivity contribution is 7.89. The summed E-state index contributed by atoms with van der Waals surface area (Å²) >= 11 is 5.80. The molecule has 0 aromatic heterocycles. The predicted octanol–water partition coefficient (Wildman–Crippen LogP) is 1.35. The average Bonchev–Trinajstić information content (AvgIpc) is 2.13. The standard InChI is InChI=1S/C9H20ClNO3S/c1-4-9(10)7-11-15(12,13)6-5-14-8(2)3/h8-9,11H,4-7H2,1-3H3. The Hall–Kier alpha value is 0.160. The van der Waals surface area contributed by atoms with Gasteiger partial charge in [0, 0.05) is 11.9 Å². The van der Waals surface area contributed by atoms with Gasteiger partial charge in [0.2, 0.25) is 10.0 Å². The monoisotopic (exact) mass is 257 g/mol. The van der Waals surface area contributed by atoms with Gasteiger partial charge < -0.3 is 4.74 Å². The Labute approximate surface area is 97.4 Å². The maximum Gasteiger partial charge on any atom is 0.213 e. The zero-order valence-corrected chi connectivity index (χ0v) is 11.1. The summed E-state index contributed by atoms with van der Waals surface area (Å²) < 4.78 is 30.4. The third-order valence-electron chi connectivity index (χ3n) is 1.77. The van der Waals surface area contributed by atoms with Gasteiger partial charge in [0.1, 0.15) is 0 Å². The third-order valence-corrected chi connectivity index (χ3v) is 3.54. The molecule has 0 fully saturated rings. The molecule has 1 atom stereocenters. The number of nitrogens with one attached hydrogen (secondary N) is 1. The number of rotatable bonds is 8. The summed E-state index contributed by atoms with van der Waals surface area (Å²) in [5.41, 5.74) is 0. The van der Waals surface area contributed by atoms with Gasteiger partial charge >= 0.3 is 0 Å². The molecular formula is C9H20ClNO3S. The van der Waals surface area contributed by atoms with Crippen LogP contribution in [0.15, 0.2) is 0 Å². The molecule has 0 heterocycles. The molecule has 4 nitrogen and oxygen atoms in total. The Morgan fingerprint density at radius 2 is 2.00 bits per heavy atom. The van der Waals surface area contributed by atoms with E-state index in [0.29, 0.717) is 0 Å². The van der Waals surface area contributed by atoms with Gasteiger partial charge in [0.15, 0.2) is 0 Å². The molecule has 0 aromatic rings. The van der Waals surface area contributed by atoms with E-state index in [1.807, 2.05) is 20.8 Å². The fraction of sp³-hybridized carbons (Fsp3) is 1.00. The fourth-order valence-electron chi connectivity index (χ4n) is 0.827. The summed E-state index contributed by atoms with van der Waals surface area (Å²) in [6.45, 7) is 6.14. The first-order valence-corrected chi connectivity index (χ1v) is 7.19. The van der Waals surface area contributed by atoms with Crippen molar-refractivity contribution in [2.75, 3.05) is 18.9 Å².